The minimum atomic E-state index is -0.690. The number of amides is 1. The van der Waals surface area contributed by atoms with E-state index in [1.165, 1.54) is 4.90 Å². The molecule has 0 fully saturated rings. The summed E-state index contributed by atoms with van der Waals surface area (Å²) in [6.07, 6.45) is 3.99. The molecule has 1 aromatic rings. The van der Waals surface area contributed by atoms with E-state index in [1.807, 2.05) is 24.3 Å². The van der Waals surface area contributed by atoms with Crippen molar-refractivity contribution < 1.29 is 19.1 Å². The number of hydrogen-bond donors (Lipinski definition) is 0. The van der Waals surface area contributed by atoms with Crippen LogP contribution >= 0.6 is 15.9 Å². The lowest BCUT2D eigenvalue weighted by atomic mass is 10.0. The van der Waals surface area contributed by atoms with Crippen LogP contribution in [0.4, 0.5) is 4.79 Å². The summed E-state index contributed by atoms with van der Waals surface area (Å²) in [6.45, 7) is 6.70. The Morgan fingerprint density at radius 1 is 1.08 bits per heavy atom. The van der Waals surface area contributed by atoms with Gasteiger partial charge in [-0.1, -0.05) is 54.2 Å². The van der Waals surface area contributed by atoms with Crippen LogP contribution in [0.2, 0.25) is 0 Å². The van der Waals surface area contributed by atoms with Crippen molar-refractivity contribution in [1.29, 1.82) is 0 Å². The average molecular weight is 428 g/mol. The smallest absolute Gasteiger partial charge is 0.410 e. The lowest BCUT2D eigenvalue weighted by Crippen LogP contribution is -2.48. The van der Waals surface area contributed by atoms with Gasteiger partial charge in [-0.05, 0) is 38.0 Å². The predicted molar refractivity (Wildman–Crippen MR) is 106 cm³/mol. The molecular formula is C20H30BrNO4. The van der Waals surface area contributed by atoms with Crippen molar-refractivity contribution in [3.05, 3.63) is 34.3 Å². The molecule has 1 amide bonds. The normalized spacial score (nSPS) is 11.7. The minimum Gasteiger partial charge on any atom is -0.464 e. The summed E-state index contributed by atoms with van der Waals surface area (Å²) >= 11 is 3.45. The molecule has 0 aliphatic heterocycles. The van der Waals surface area contributed by atoms with Gasteiger partial charge in [-0.3, -0.25) is 4.90 Å². The van der Waals surface area contributed by atoms with Crippen LogP contribution in [0.15, 0.2) is 28.7 Å². The summed E-state index contributed by atoms with van der Waals surface area (Å²) in [4.78, 5) is 26.6. The van der Waals surface area contributed by atoms with Gasteiger partial charge in [0.15, 0.2) is 0 Å². The van der Waals surface area contributed by atoms with E-state index in [-0.39, 0.29) is 13.2 Å². The summed E-state index contributed by atoms with van der Waals surface area (Å²) in [5, 5.41) is 0. The number of hydrogen-bond acceptors (Lipinski definition) is 4. The molecule has 0 bridgehead atoms. The number of carbonyl (C=O) groups excluding carboxylic acids is 2. The molecule has 0 spiro atoms. The van der Waals surface area contributed by atoms with Crippen molar-refractivity contribution in [3.8, 4) is 0 Å². The molecule has 0 aliphatic carbocycles. The molecule has 0 saturated carbocycles. The number of unbranched alkanes of at least 4 members (excludes halogenated alkanes) is 3. The minimum absolute atomic E-state index is 0.275. The van der Waals surface area contributed by atoms with Gasteiger partial charge < -0.3 is 9.47 Å². The van der Waals surface area contributed by atoms with Crippen molar-refractivity contribution in [1.82, 2.24) is 4.90 Å². The van der Waals surface area contributed by atoms with Crippen molar-refractivity contribution in [3.63, 3.8) is 0 Å². The van der Waals surface area contributed by atoms with Gasteiger partial charge >= 0.3 is 12.1 Å². The number of esters is 1. The van der Waals surface area contributed by atoms with E-state index in [0.29, 0.717) is 13.0 Å². The van der Waals surface area contributed by atoms with E-state index < -0.39 is 18.1 Å². The summed E-state index contributed by atoms with van der Waals surface area (Å²) in [5.41, 5.74) is 0.959. The third-order valence-corrected chi connectivity index (χ3v) is 4.50. The van der Waals surface area contributed by atoms with Gasteiger partial charge in [0.2, 0.25) is 0 Å². The van der Waals surface area contributed by atoms with Gasteiger partial charge in [0, 0.05) is 17.4 Å². The molecule has 5 nitrogen and oxygen atoms in total. The Morgan fingerprint density at radius 2 is 1.81 bits per heavy atom. The summed E-state index contributed by atoms with van der Waals surface area (Å²) in [5.74, 6) is -0.393. The van der Waals surface area contributed by atoms with Gasteiger partial charge in [-0.2, -0.15) is 0 Å². The highest BCUT2D eigenvalue weighted by Gasteiger charge is 2.32. The molecule has 1 aromatic carbocycles. The van der Waals surface area contributed by atoms with E-state index in [1.54, 1.807) is 13.8 Å². The van der Waals surface area contributed by atoms with Gasteiger partial charge in [-0.25, -0.2) is 9.59 Å². The molecule has 146 valence electrons. The number of nitrogens with zero attached hydrogens (tertiary/aromatic N) is 1. The first-order chi connectivity index (χ1) is 12.5. The SMILES string of the molecule is CCCCCCN(C(=O)OCC)C(Cc1cccc(Br)c1)C(=O)OCC. The highest BCUT2D eigenvalue weighted by Crippen LogP contribution is 2.18. The van der Waals surface area contributed by atoms with Crippen molar-refractivity contribution in [2.45, 2.75) is 58.9 Å². The van der Waals surface area contributed by atoms with E-state index in [9.17, 15) is 9.59 Å². The molecule has 1 rings (SSSR count). The highest BCUT2D eigenvalue weighted by atomic mass is 79.9. The first-order valence-electron chi connectivity index (χ1n) is 9.37. The maximum absolute atomic E-state index is 12.6. The van der Waals surface area contributed by atoms with Crippen LogP contribution in [-0.4, -0.2) is 42.8 Å². The van der Waals surface area contributed by atoms with Crippen LogP contribution in [-0.2, 0) is 20.7 Å². The fourth-order valence-electron chi connectivity index (χ4n) is 2.74. The van der Waals surface area contributed by atoms with E-state index in [4.69, 9.17) is 9.47 Å². The second-order valence-corrected chi connectivity index (χ2v) is 6.97. The summed E-state index contributed by atoms with van der Waals surface area (Å²) < 4.78 is 11.4. The third-order valence-electron chi connectivity index (χ3n) is 4.01. The highest BCUT2D eigenvalue weighted by molar-refractivity contribution is 9.10. The average Bonchev–Trinajstić information content (AvgIpc) is 2.61. The number of halogens is 1. The molecule has 1 unspecified atom stereocenters. The number of rotatable bonds is 11. The molecule has 6 heteroatoms. The molecule has 0 saturated heterocycles. The van der Waals surface area contributed by atoms with Crippen molar-refractivity contribution in [2.24, 2.45) is 0 Å². The predicted octanol–water partition coefficient (Wildman–Crippen LogP) is 4.96. The van der Waals surface area contributed by atoms with E-state index >= 15 is 0 Å². The van der Waals surface area contributed by atoms with Gasteiger partial charge in [0.25, 0.3) is 0 Å². The number of carbonyl (C=O) groups is 2. The summed E-state index contributed by atoms with van der Waals surface area (Å²) in [6, 6.07) is 7.04. The Morgan fingerprint density at radius 3 is 2.42 bits per heavy atom. The van der Waals surface area contributed by atoms with Gasteiger partial charge in [0.1, 0.15) is 6.04 Å². The quantitative estimate of drug-likeness (QED) is 0.369. The topological polar surface area (TPSA) is 55.8 Å². The molecule has 0 aromatic heterocycles. The van der Waals surface area contributed by atoms with Crippen LogP contribution in [0, 0.1) is 0 Å². The molecule has 0 N–H and O–H groups in total. The van der Waals surface area contributed by atoms with Crippen LogP contribution in [0.1, 0.15) is 52.0 Å². The molecular weight excluding hydrogens is 398 g/mol. The zero-order chi connectivity index (χ0) is 19.4. The van der Waals surface area contributed by atoms with Crippen LogP contribution in [0.3, 0.4) is 0 Å². The van der Waals surface area contributed by atoms with Gasteiger partial charge in [-0.15, -0.1) is 0 Å². The zero-order valence-corrected chi connectivity index (χ0v) is 17.6. The largest absolute Gasteiger partial charge is 0.464 e. The fourth-order valence-corrected chi connectivity index (χ4v) is 3.18. The molecule has 0 radical (unpaired) electrons. The lowest BCUT2D eigenvalue weighted by molar-refractivity contribution is -0.149. The first-order valence-corrected chi connectivity index (χ1v) is 10.2. The number of benzene rings is 1. The van der Waals surface area contributed by atoms with Gasteiger partial charge in [0.05, 0.1) is 13.2 Å². The maximum atomic E-state index is 12.6. The Kier molecular flexibility index (Phi) is 11.0. The van der Waals surface area contributed by atoms with Crippen LogP contribution in [0.25, 0.3) is 0 Å². The Bertz CT molecular complexity index is 564. The fraction of sp³-hybridized carbons (Fsp3) is 0.600. The maximum Gasteiger partial charge on any atom is 0.410 e. The van der Waals surface area contributed by atoms with Crippen molar-refractivity contribution in [2.75, 3.05) is 19.8 Å². The Balaban J connectivity index is 3.01. The first kappa shape index (κ1) is 22.5. The molecule has 1 atom stereocenters. The molecule has 26 heavy (non-hydrogen) atoms. The van der Waals surface area contributed by atoms with Crippen LogP contribution in [0.5, 0.6) is 0 Å². The standard InChI is InChI=1S/C20H30BrNO4/c1-4-7-8-9-13-22(20(24)26-6-3)18(19(23)25-5-2)15-16-11-10-12-17(21)14-16/h10-12,14,18H,4-9,13,15H2,1-3H3. The number of ether oxygens (including phenoxy) is 2. The molecule has 0 heterocycles. The van der Waals surface area contributed by atoms with E-state index in [2.05, 4.69) is 22.9 Å². The van der Waals surface area contributed by atoms with E-state index in [0.717, 1.165) is 35.7 Å². The second-order valence-electron chi connectivity index (χ2n) is 6.05. The summed E-state index contributed by atoms with van der Waals surface area (Å²) in [7, 11) is 0. The lowest BCUT2D eigenvalue weighted by Gasteiger charge is -2.29. The Labute approximate surface area is 165 Å². The monoisotopic (exact) mass is 427 g/mol. The van der Waals surface area contributed by atoms with Crippen LogP contribution < -0.4 is 0 Å². The Hall–Kier alpha value is -1.56. The third kappa shape index (κ3) is 7.77. The second kappa shape index (κ2) is 12.7. The van der Waals surface area contributed by atoms with Crippen molar-refractivity contribution >= 4 is 28.0 Å². The zero-order valence-electron chi connectivity index (χ0n) is 16.0. The molecule has 0 aliphatic rings.